The zero-order chi connectivity index (χ0) is 34.0. The van der Waals surface area contributed by atoms with Gasteiger partial charge in [0.15, 0.2) is 0 Å². The monoisotopic (exact) mass is 708 g/mol. The van der Waals surface area contributed by atoms with Crippen LogP contribution in [0, 0.1) is 17.8 Å². The van der Waals surface area contributed by atoms with E-state index < -0.39 is 17.7 Å². The number of hydrogen-bond acceptors (Lipinski definition) is 6. The molecule has 3 fully saturated rings. The lowest BCUT2D eigenvalue weighted by atomic mass is 9.79. The molecule has 262 valence electrons. The molecule has 0 unspecified atom stereocenters. The van der Waals surface area contributed by atoms with E-state index >= 15 is 0 Å². The molecule has 1 aromatic heterocycles. The van der Waals surface area contributed by atoms with E-state index in [-0.39, 0.29) is 53.0 Å². The zero-order valence-electron chi connectivity index (χ0n) is 27.2. The van der Waals surface area contributed by atoms with Crippen LogP contribution in [0.5, 0.6) is 0 Å². The summed E-state index contributed by atoms with van der Waals surface area (Å²) in [5.41, 5.74) is 0.235. The molecular weight excluding hydrogens is 665 g/mol. The van der Waals surface area contributed by atoms with Crippen LogP contribution in [0.3, 0.4) is 0 Å². The number of rotatable bonds is 8. The number of fused-ring (bicyclic) bond motifs is 1. The van der Waals surface area contributed by atoms with E-state index in [1.165, 1.54) is 24.5 Å². The van der Waals surface area contributed by atoms with Gasteiger partial charge in [0.05, 0.1) is 28.7 Å². The molecule has 1 aromatic carbocycles. The van der Waals surface area contributed by atoms with E-state index in [9.17, 15) is 27.6 Å². The average molecular weight is 709 g/mol. The number of hydrogen-bond donors (Lipinski definition) is 3. The molecule has 1 atom stereocenters. The summed E-state index contributed by atoms with van der Waals surface area (Å²) in [4.78, 5) is 46.0. The van der Waals surface area contributed by atoms with Crippen LogP contribution in [0.4, 0.5) is 28.7 Å². The van der Waals surface area contributed by atoms with Gasteiger partial charge in [-0.3, -0.25) is 14.9 Å². The summed E-state index contributed by atoms with van der Waals surface area (Å²) in [7, 11) is 1.38. The van der Waals surface area contributed by atoms with E-state index in [1.54, 1.807) is 4.90 Å². The number of carbonyl (C=O) groups excluding carboxylic acids is 3. The molecule has 0 bridgehead atoms. The predicted molar refractivity (Wildman–Crippen MR) is 181 cm³/mol. The van der Waals surface area contributed by atoms with Crippen molar-refractivity contribution in [2.24, 2.45) is 17.8 Å². The van der Waals surface area contributed by atoms with Gasteiger partial charge >= 0.3 is 12.2 Å². The summed E-state index contributed by atoms with van der Waals surface area (Å²) in [5, 5.41) is 11.7. The molecule has 9 nitrogen and oxygen atoms in total. The number of piperidine rings is 3. The first-order valence-corrected chi connectivity index (χ1v) is 18.3. The van der Waals surface area contributed by atoms with Crippen LogP contribution in [0.1, 0.15) is 61.6 Å². The summed E-state index contributed by atoms with van der Waals surface area (Å²) in [6.07, 6.45) is 0.486. The molecule has 14 heteroatoms. The van der Waals surface area contributed by atoms with Crippen molar-refractivity contribution < 1.29 is 27.6 Å². The highest BCUT2D eigenvalue weighted by Crippen LogP contribution is 2.40. The molecule has 4 aliphatic rings. The maximum atomic E-state index is 14.1. The first kappa shape index (κ1) is 34.8. The quantitative estimate of drug-likeness (QED) is 0.300. The second kappa shape index (κ2) is 14.8. The van der Waals surface area contributed by atoms with E-state index in [2.05, 4.69) is 16.0 Å². The van der Waals surface area contributed by atoms with Gasteiger partial charge in [0.1, 0.15) is 5.00 Å². The largest absolute Gasteiger partial charge is 0.418 e. The van der Waals surface area contributed by atoms with Gasteiger partial charge in [-0.15, -0.1) is 11.3 Å². The Balaban J connectivity index is 1.14. The fourth-order valence-electron chi connectivity index (χ4n) is 8.01. The van der Waals surface area contributed by atoms with Gasteiger partial charge in [0.25, 0.3) is 0 Å². The van der Waals surface area contributed by atoms with Crippen molar-refractivity contribution in [2.75, 3.05) is 56.9 Å². The molecule has 0 aliphatic carbocycles. The van der Waals surface area contributed by atoms with Crippen LogP contribution < -0.4 is 16.0 Å². The second-order valence-corrected chi connectivity index (χ2v) is 14.9. The van der Waals surface area contributed by atoms with Crippen LogP contribution in [0.2, 0.25) is 5.02 Å². The second-order valence-electron chi connectivity index (χ2n) is 13.5. The molecule has 0 spiro atoms. The number of halogens is 4. The topological polar surface area (TPSA) is 97.0 Å². The smallest absolute Gasteiger partial charge is 0.386 e. The normalized spacial score (nSPS) is 20.8. The van der Waals surface area contributed by atoms with Crippen LogP contribution >= 0.6 is 22.9 Å². The molecule has 6 rings (SSSR count). The predicted octanol–water partition coefficient (Wildman–Crippen LogP) is 6.29. The van der Waals surface area contributed by atoms with Gasteiger partial charge < -0.3 is 25.3 Å². The van der Waals surface area contributed by atoms with Crippen LogP contribution in [0.15, 0.2) is 23.6 Å². The number of amides is 4. The number of benzene rings is 1. The fraction of sp³-hybridized carbons (Fsp3) is 0.618. The van der Waals surface area contributed by atoms with Crippen LogP contribution in [-0.4, -0.2) is 84.9 Å². The van der Waals surface area contributed by atoms with E-state index in [1.807, 2.05) is 21.2 Å². The molecule has 2 aromatic rings. The summed E-state index contributed by atoms with van der Waals surface area (Å²) in [6, 6.07) is 4.36. The number of anilines is 2. The summed E-state index contributed by atoms with van der Waals surface area (Å²) in [6.45, 7) is 4.60. The number of thiophene rings is 1. The fourth-order valence-corrected chi connectivity index (χ4v) is 9.15. The molecule has 3 saturated heterocycles. The zero-order valence-corrected chi connectivity index (χ0v) is 28.8. The third-order valence-electron chi connectivity index (χ3n) is 10.7. The maximum absolute atomic E-state index is 14.1. The first-order valence-electron chi connectivity index (χ1n) is 17.0. The Bertz CT molecular complexity index is 1480. The molecular formula is C34H44ClF3N6O3S. The highest BCUT2D eigenvalue weighted by molar-refractivity contribution is 7.14. The highest BCUT2D eigenvalue weighted by atomic mass is 35.5. The average Bonchev–Trinajstić information content (AvgIpc) is 3.54. The minimum absolute atomic E-state index is 0.0191. The van der Waals surface area contributed by atoms with Gasteiger partial charge in [-0.2, -0.15) is 13.2 Å². The van der Waals surface area contributed by atoms with Crippen LogP contribution in [-0.2, 0) is 28.7 Å². The molecule has 5 heterocycles. The van der Waals surface area contributed by atoms with Crippen molar-refractivity contribution in [1.29, 1.82) is 0 Å². The Morgan fingerprint density at radius 3 is 2.35 bits per heavy atom. The lowest BCUT2D eigenvalue weighted by Gasteiger charge is -2.41. The Labute approximate surface area is 288 Å². The van der Waals surface area contributed by atoms with Gasteiger partial charge in [-0.25, -0.2) is 4.79 Å². The third kappa shape index (κ3) is 7.73. The lowest BCUT2D eigenvalue weighted by molar-refractivity contribution is -0.143. The third-order valence-corrected chi connectivity index (χ3v) is 11.9. The highest BCUT2D eigenvalue weighted by Gasteiger charge is 2.38. The van der Waals surface area contributed by atoms with Gasteiger partial charge in [-0.1, -0.05) is 11.6 Å². The van der Waals surface area contributed by atoms with Gasteiger partial charge in [0, 0.05) is 51.3 Å². The lowest BCUT2D eigenvalue weighted by Crippen LogP contribution is -2.51. The Morgan fingerprint density at radius 2 is 1.69 bits per heavy atom. The molecule has 48 heavy (non-hydrogen) atoms. The number of nitrogens with one attached hydrogen (secondary N) is 3. The Kier molecular flexibility index (Phi) is 10.8. The van der Waals surface area contributed by atoms with Crippen molar-refractivity contribution in [3.63, 3.8) is 0 Å². The van der Waals surface area contributed by atoms with Gasteiger partial charge in [-0.05, 0) is 99.0 Å². The van der Waals surface area contributed by atoms with Crippen molar-refractivity contribution in [3.8, 4) is 0 Å². The molecule has 4 amide bonds. The summed E-state index contributed by atoms with van der Waals surface area (Å²) >= 11 is 7.81. The standard InChI is InChI=1S/C34H44ClF3N6O3S/c1-39-30-27(34(36,37)38)17-21(18-28(30)35)16-25(32(46)43-11-4-23(5-12-43)22-2-9-40-10-3-22)19-29(45)42-13-6-26(7-14-42)44-20-24-8-15-48-31(24)41-33(44)47/h8,15,17-18,22-23,25-26,39-40H,2-7,9-14,16,19-20H2,1H3,(H,41,47)/t25-/m0/s1. The minimum atomic E-state index is -4.65. The maximum Gasteiger partial charge on any atom is 0.418 e. The van der Waals surface area contributed by atoms with E-state index in [4.69, 9.17) is 11.6 Å². The number of alkyl halides is 3. The molecule has 4 aliphatic heterocycles. The van der Waals surface area contributed by atoms with Crippen molar-refractivity contribution in [2.45, 2.75) is 70.1 Å². The number of nitrogens with zero attached hydrogens (tertiary/aromatic N) is 3. The molecule has 0 saturated carbocycles. The van der Waals surface area contributed by atoms with Crippen molar-refractivity contribution in [1.82, 2.24) is 20.0 Å². The minimum Gasteiger partial charge on any atom is -0.386 e. The van der Waals surface area contributed by atoms with Crippen molar-refractivity contribution >= 4 is 51.5 Å². The van der Waals surface area contributed by atoms with Crippen molar-refractivity contribution in [3.05, 3.63) is 45.3 Å². The number of urea groups is 1. The number of carbonyl (C=O) groups is 3. The number of likely N-dealkylation sites (tertiary alicyclic amines) is 2. The Morgan fingerprint density at radius 1 is 1.02 bits per heavy atom. The summed E-state index contributed by atoms with van der Waals surface area (Å²) in [5.74, 6) is -0.0311. The first-order chi connectivity index (χ1) is 23.0. The van der Waals surface area contributed by atoms with Crippen LogP contribution in [0.25, 0.3) is 0 Å². The summed E-state index contributed by atoms with van der Waals surface area (Å²) < 4.78 is 42.0. The van der Waals surface area contributed by atoms with Gasteiger partial charge in [0.2, 0.25) is 11.8 Å². The van der Waals surface area contributed by atoms with E-state index in [0.717, 1.165) is 55.4 Å². The van der Waals surface area contributed by atoms with E-state index in [0.29, 0.717) is 57.4 Å². The molecule has 0 radical (unpaired) electrons. The Hall–Kier alpha value is -3.03. The molecule has 3 N–H and O–H groups in total. The SMILES string of the molecule is CNc1c(Cl)cc(C[C@@H](CC(=O)N2CCC(N3Cc4ccsc4NC3=O)CC2)C(=O)N2CCC(C3CCNCC3)CC2)cc1C(F)(F)F.